The Bertz CT molecular complexity index is 253. The first-order chi connectivity index (χ1) is 8.58. The molecule has 106 valence electrons. The second kappa shape index (κ2) is 7.25. The van der Waals surface area contributed by atoms with E-state index in [0.717, 1.165) is 45.6 Å². The molecule has 1 aliphatic heterocycles. The number of hydrogen-bond acceptors (Lipinski definition) is 3. The standard InChI is InChI=1S/C15H30N2O/c1-5-9-15(4,13-18)12-16-10-8-14(11-16)17(6-2)7-3/h13-14H,5-12H2,1-4H3. The van der Waals surface area contributed by atoms with Gasteiger partial charge in [0.05, 0.1) is 0 Å². The van der Waals surface area contributed by atoms with Gasteiger partial charge in [-0.15, -0.1) is 0 Å². The van der Waals surface area contributed by atoms with Crippen LogP contribution in [0.1, 0.15) is 47.0 Å². The Balaban J connectivity index is 2.48. The van der Waals surface area contributed by atoms with Gasteiger partial charge in [-0.25, -0.2) is 0 Å². The fourth-order valence-electron chi connectivity index (χ4n) is 3.25. The van der Waals surface area contributed by atoms with Crippen LogP contribution in [-0.4, -0.2) is 54.9 Å². The Morgan fingerprint density at radius 1 is 1.33 bits per heavy atom. The van der Waals surface area contributed by atoms with Gasteiger partial charge in [0.2, 0.25) is 0 Å². The predicted molar refractivity (Wildman–Crippen MR) is 76.8 cm³/mol. The summed E-state index contributed by atoms with van der Waals surface area (Å²) in [5.41, 5.74) is -0.146. The highest BCUT2D eigenvalue weighted by atomic mass is 16.1. The average Bonchev–Trinajstić information content (AvgIpc) is 2.79. The van der Waals surface area contributed by atoms with Crippen molar-refractivity contribution in [3.8, 4) is 0 Å². The van der Waals surface area contributed by atoms with E-state index in [4.69, 9.17) is 0 Å². The van der Waals surface area contributed by atoms with Crippen molar-refractivity contribution in [1.29, 1.82) is 0 Å². The fraction of sp³-hybridized carbons (Fsp3) is 0.933. The van der Waals surface area contributed by atoms with Crippen molar-refractivity contribution in [3.63, 3.8) is 0 Å². The smallest absolute Gasteiger partial charge is 0.127 e. The summed E-state index contributed by atoms with van der Waals surface area (Å²) < 4.78 is 0. The third kappa shape index (κ3) is 4.06. The number of likely N-dealkylation sites (tertiary alicyclic amines) is 1. The Morgan fingerprint density at radius 2 is 2.00 bits per heavy atom. The molecule has 0 bridgehead atoms. The highest BCUT2D eigenvalue weighted by Gasteiger charge is 2.31. The van der Waals surface area contributed by atoms with E-state index in [1.165, 1.54) is 12.7 Å². The largest absolute Gasteiger partial charge is 0.303 e. The summed E-state index contributed by atoms with van der Waals surface area (Å²) in [5.74, 6) is 0. The van der Waals surface area contributed by atoms with Gasteiger partial charge in [-0.05, 0) is 32.5 Å². The summed E-state index contributed by atoms with van der Waals surface area (Å²) >= 11 is 0. The number of aldehydes is 1. The lowest BCUT2D eigenvalue weighted by atomic mass is 9.87. The molecule has 1 heterocycles. The third-order valence-electron chi connectivity index (χ3n) is 4.27. The Hall–Kier alpha value is -0.410. The van der Waals surface area contributed by atoms with Gasteiger partial charge in [-0.1, -0.05) is 34.1 Å². The number of likely N-dealkylation sites (N-methyl/N-ethyl adjacent to an activating group) is 1. The SMILES string of the molecule is CCCC(C)(C=O)CN1CCC(N(CC)CC)C1. The maximum Gasteiger partial charge on any atom is 0.127 e. The second-order valence-corrected chi connectivity index (χ2v) is 5.92. The number of hydrogen-bond donors (Lipinski definition) is 0. The van der Waals surface area contributed by atoms with Gasteiger partial charge in [0.25, 0.3) is 0 Å². The molecule has 0 aliphatic carbocycles. The summed E-state index contributed by atoms with van der Waals surface area (Å²) in [6, 6.07) is 0.692. The summed E-state index contributed by atoms with van der Waals surface area (Å²) in [6.07, 6.45) is 4.51. The molecule has 0 spiro atoms. The average molecular weight is 254 g/mol. The molecule has 18 heavy (non-hydrogen) atoms. The van der Waals surface area contributed by atoms with Crippen LogP contribution in [0.4, 0.5) is 0 Å². The molecule has 2 atom stereocenters. The Labute approximate surface area is 113 Å². The van der Waals surface area contributed by atoms with E-state index in [9.17, 15) is 4.79 Å². The molecule has 1 aliphatic rings. The zero-order valence-electron chi connectivity index (χ0n) is 12.6. The minimum absolute atomic E-state index is 0.146. The minimum atomic E-state index is -0.146. The van der Waals surface area contributed by atoms with Crippen LogP contribution in [0.25, 0.3) is 0 Å². The number of nitrogens with zero attached hydrogens (tertiary/aromatic N) is 2. The quantitative estimate of drug-likeness (QED) is 0.622. The normalized spacial score (nSPS) is 24.4. The van der Waals surface area contributed by atoms with Crippen molar-refractivity contribution in [2.75, 3.05) is 32.7 Å². The molecular formula is C15H30N2O. The molecule has 3 heteroatoms. The molecule has 1 rings (SSSR count). The highest BCUT2D eigenvalue weighted by Crippen LogP contribution is 2.25. The van der Waals surface area contributed by atoms with Crippen molar-refractivity contribution in [2.45, 2.75) is 53.0 Å². The van der Waals surface area contributed by atoms with Gasteiger partial charge in [0.15, 0.2) is 0 Å². The molecule has 0 N–H and O–H groups in total. The van der Waals surface area contributed by atoms with Crippen molar-refractivity contribution in [3.05, 3.63) is 0 Å². The lowest BCUT2D eigenvalue weighted by molar-refractivity contribution is -0.116. The zero-order valence-corrected chi connectivity index (χ0v) is 12.6. The van der Waals surface area contributed by atoms with Gasteiger partial charge in [0.1, 0.15) is 6.29 Å². The number of carbonyl (C=O) groups excluding carboxylic acids is 1. The Kier molecular flexibility index (Phi) is 6.30. The highest BCUT2D eigenvalue weighted by molar-refractivity contribution is 5.59. The van der Waals surface area contributed by atoms with Crippen molar-refractivity contribution in [1.82, 2.24) is 9.80 Å². The topological polar surface area (TPSA) is 23.6 Å². The van der Waals surface area contributed by atoms with Gasteiger partial charge in [0, 0.05) is 24.5 Å². The summed E-state index contributed by atoms with van der Waals surface area (Å²) in [5, 5.41) is 0. The molecule has 3 nitrogen and oxygen atoms in total. The lowest BCUT2D eigenvalue weighted by Gasteiger charge is -2.30. The van der Waals surface area contributed by atoms with E-state index in [0.29, 0.717) is 6.04 Å². The third-order valence-corrected chi connectivity index (χ3v) is 4.27. The van der Waals surface area contributed by atoms with Gasteiger partial charge >= 0.3 is 0 Å². The van der Waals surface area contributed by atoms with Crippen molar-refractivity contribution in [2.24, 2.45) is 5.41 Å². The Morgan fingerprint density at radius 3 is 2.50 bits per heavy atom. The summed E-state index contributed by atoms with van der Waals surface area (Å²) in [4.78, 5) is 16.3. The van der Waals surface area contributed by atoms with E-state index in [2.05, 4.69) is 37.5 Å². The van der Waals surface area contributed by atoms with Crippen LogP contribution in [0, 0.1) is 5.41 Å². The van der Waals surface area contributed by atoms with Crippen LogP contribution in [0.15, 0.2) is 0 Å². The van der Waals surface area contributed by atoms with Crippen molar-refractivity contribution >= 4 is 6.29 Å². The van der Waals surface area contributed by atoms with Gasteiger partial charge in [-0.3, -0.25) is 4.90 Å². The molecule has 0 radical (unpaired) electrons. The van der Waals surface area contributed by atoms with Crippen LogP contribution in [0.3, 0.4) is 0 Å². The van der Waals surface area contributed by atoms with Gasteiger partial charge in [-0.2, -0.15) is 0 Å². The van der Waals surface area contributed by atoms with E-state index in [1.54, 1.807) is 0 Å². The van der Waals surface area contributed by atoms with Gasteiger partial charge < -0.3 is 9.69 Å². The van der Waals surface area contributed by atoms with E-state index in [-0.39, 0.29) is 5.41 Å². The molecule has 0 amide bonds. The first-order valence-corrected chi connectivity index (χ1v) is 7.51. The van der Waals surface area contributed by atoms with Crippen LogP contribution in [0.5, 0.6) is 0 Å². The van der Waals surface area contributed by atoms with Crippen molar-refractivity contribution < 1.29 is 4.79 Å². The van der Waals surface area contributed by atoms with E-state index in [1.807, 2.05) is 0 Å². The monoisotopic (exact) mass is 254 g/mol. The minimum Gasteiger partial charge on any atom is -0.303 e. The maximum absolute atomic E-state index is 11.3. The second-order valence-electron chi connectivity index (χ2n) is 5.92. The molecule has 1 fully saturated rings. The molecule has 2 unspecified atom stereocenters. The molecular weight excluding hydrogens is 224 g/mol. The van der Waals surface area contributed by atoms with Crippen LogP contribution in [-0.2, 0) is 4.79 Å². The molecule has 0 saturated carbocycles. The molecule has 0 aromatic rings. The first kappa shape index (κ1) is 15.6. The van der Waals surface area contributed by atoms with Crippen LogP contribution >= 0.6 is 0 Å². The first-order valence-electron chi connectivity index (χ1n) is 7.51. The molecule has 0 aromatic heterocycles. The number of carbonyl (C=O) groups is 1. The van der Waals surface area contributed by atoms with E-state index < -0.39 is 0 Å². The lowest BCUT2D eigenvalue weighted by Crippen LogP contribution is -2.40. The van der Waals surface area contributed by atoms with E-state index >= 15 is 0 Å². The molecule has 1 saturated heterocycles. The zero-order chi connectivity index (χ0) is 13.6. The predicted octanol–water partition coefficient (Wildman–Crippen LogP) is 2.41. The number of rotatable bonds is 8. The van der Waals surface area contributed by atoms with Crippen LogP contribution in [0.2, 0.25) is 0 Å². The summed E-state index contributed by atoms with van der Waals surface area (Å²) in [7, 11) is 0. The van der Waals surface area contributed by atoms with Crippen LogP contribution < -0.4 is 0 Å². The maximum atomic E-state index is 11.3. The molecule has 0 aromatic carbocycles. The summed E-state index contributed by atoms with van der Waals surface area (Å²) in [6.45, 7) is 14.2. The fourth-order valence-corrected chi connectivity index (χ4v) is 3.25.